The lowest BCUT2D eigenvalue weighted by molar-refractivity contribution is 0.100. The number of halogens is 1. The van der Waals surface area contributed by atoms with Crippen molar-refractivity contribution in [1.29, 1.82) is 0 Å². The van der Waals surface area contributed by atoms with Crippen molar-refractivity contribution in [2.24, 2.45) is 0 Å². The highest BCUT2D eigenvalue weighted by atomic mass is 35.5. The molecule has 0 aliphatic heterocycles. The van der Waals surface area contributed by atoms with Gasteiger partial charge in [0.2, 0.25) is 5.82 Å². The number of aromatic nitrogens is 5. The van der Waals surface area contributed by atoms with Crippen LogP contribution in [-0.4, -0.2) is 37.6 Å². The van der Waals surface area contributed by atoms with E-state index in [1.807, 2.05) is 47.0 Å². The molecule has 5 aromatic rings. The van der Waals surface area contributed by atoms with Crippen molar-refractivity contribution in [3.63, 3.8) is 0 Å². The molecule has 9 heteroatoms. The topological polar surface area (TPSA) is 95.9 Å². The lowest BCUT2D eigenvalue weighted by Crippen LogP contribution is -2.02. The molecule has 0 aliphatic rings. The molecule has 0 atom stereocenters. The SMILES string of the molecule is COc1ccc2c(c1)c(C(=O)c1nnc(-c3ncccn3)o1)cn2Cc1ccc(Cl)cc1. The first-order chi connectivity index (χ1) is 15.6. The van der Waals surface area contributed by atoms with Crippen LogP contribution in [0.4, 0.5) is 0 Å². The molecule has 8 nitrogen and oxygen atoms in total. The molecule has 158 valence electrons. The Hall–Kier alpha value is -4.04. The largest absolute Gasteiger partial charge is 0.497 e. The maximum Gasteiger partial charge on any atom is 0.289 e. The van der Waals surface area contributed by atoms with Gasteiger partial charge in [0.15, 0.2) is 0 Å². The van der Waals surface area contributed by atoms with Gasteiger partial charge in [-0.3, -0.25) is 4.79 Å². The number of ketones is 1. The summed E-state index contributed by atoms with van der Waals surface area (Å²) in [6, 6.07) is 14.8. The zero-order chi connectivity index (χ0) is 22.1. The second-order valence-electron chi connectivity index (χ2n) is 6.99. The quantitative estimate of drug-likeness (QED) is 0.357. The molecule has 32 heavy (non-hydrogen) atoms. The number of benzene rings is 2. The third kappa shape index (κ3) is 3.72. The van der Waals surface area contributed by atoms with Crippen LogP contribution in [0.1, 0.15) is 21.8 Å². The van der Waals surface area contributed by atoms with Gasteiger partial charge in [0.25, 0.3) is 17.6 Å². The van der Waals surface area contributed by atoms with Crippen molar-refractivity contribution in [3.8, 4) is 17.5 Å². The van der Waals surface area contributed by atoms with Crippen LogP contribution in [0.25, 0.3) is 22.6 Å². The van der Waals surface area contributed by atoms with Gasteiger partial charge in [0.05, 0.1) is 12.7 Å². The highest BCUT2D eigenvalue weighted by Crippen LogP contribution is 2.29. The molecule has 0 aliphatic carbocycles. The van der Waals surface area contributed by atoms with Crippen LogP contribution in [0.2, 0.25) is 5.02 Å². The van der Waals surface area contributed by atoms with Crippen molar-refractivity contribution in [1.82, 2.24) is 24.7 Å². The number of hydrogen-bond acceptors (Lipinski definition) is 7. The Morgan fingerprint density at radius 2 is 1.88 bits per heavy atom. The number of hydrogen-bond donors (Lipinski definition) is 0. The second-order valence-corrected chi connectivity index (χ2v) is 7.43. The molecule has 0 N–H and O–H groups in total. The Labute approximate surface area is 187 Å². The van der Waals surface area contributed by atoms with Crippen LogP contribution in [-0.2, 0) is 6.54 Å². The minimum atomic E-state index is -0.396. The molecule has 3 aromatic heterocycles. The van der Waals surface area contributed by atoms with Gasteiger partial charge in [0.1, 0.15) is 5.75 Å². The summed E-state index contributed by atoms with van der Waals surface area (Å²) in [6.45, 7) is 0.556. The van der Waals surface area contributed by atoms with Crippen LogP contribution >= 0.6 is 11.6 Å². The number of nitrogens with zero attached hydrogens (tertiary/aromatic N) is 5. The summed E-state index contributed by atoms with van der Waals surface area (Å²) < 4.78 is 12.9. The number of methoxy groups -OCH3 is 1. The average Bonchev–Trinajstić information content (AvgIpc) is 3.46. The molecule has 2 aromatic carbocycles. The fraction of sp³-hybridized carbons (Fsp3) is 0.0870. The van der Waals surface area contributed by atoms with Gasteiger partial charge in [0, 0.05) is 41.1 Å². The van der Waals surface area contributed by atoms with Gasteiger partial charge in [-0.25, -0.2) is 9.97 Å². The number of rotatable bonds is 6. The van der Waals surface area contributed by atoms with Crippen LogP contribution in [0.15, 0.2) is 71.5 Å². The molecule has 0 amide bonds. The van der Waals surface area contributed by atoms with Crippen molar-refractivity contribution in [3.05, 3.63) is 89.2 Å². The van der Waals surface area contributed by atoms with E-state index in [9.17, 15) is 4.79 Å². The maximum atomic E-state index is 13.3. The molecule has 5 rings (SSSR count). The number of carbonyl (C=O) groups excluding carboxylic acids is 1. The van der Waals surface area contributed by atoms with Crippen LogP contribution < -0.4 is 4.74 Å². The van der Waals surface area contributed by atoms with Gasteiger partial charge < -0.3 is 13.7 Å². The lowest BCUT2D eigenvalue weighted by Gasteiger charge is -2.06. The molecular weight excluding hydrogens is 430 g/mol. The predicted molar refractivity (Wildman–Crippen MR) is 118 cm³/mol. The highest BCUT2D eigenvalue weighted by Gasteiger charge is 2.23. The number of ether oxygens (including phenoxy) is 1. The van der Waals surface area contributed by atoms with Crippen molar-refractivity contribution in [2.75, 3.05) is 7.11 Å². The monoisotopic (exact) mass is 445 g/mol. The minimum Gasteiger partial charge on any atom is -0.497 e. The van der Waals surface area contributed by atoms with Crippen molar-refractivity contribution < 1.29 is 13.9 Å². The molecular formula is C23H16ClN5O3. The molecule has 3 heterocycles. The summed E-state index contributed by atoms with van der Waals surface area (Å²) in [5.41, 5.74) is 2.34. The highest BCUT2D eigenvalue weighted by molar-refractivity contribution is 6.30. The third-order valence-corrected chi connectivity index (χ3v) is 5.23. The zero-order valence-corrected chi connectivity index (χ0v) is 17.7. The van der Waals surface area contributed by atoms with Gasteiger partial charge in [-0.2, -0.15) is 0 Å². The maximum absolute atomic E-state index is 13.3. The van der Waals surface area contributed by atoms with E-state index in [0.29, 0.717) is 22.9 Å². The first-order valence-electron chi connectivity index (χ1n) is 9.69. The summed E-state index contributed by atoms with van der Waals surface area (Å²) in [4.78, 5) is 21.5. The average molecular weight is 446 g/mol. The van der Waals surface area contributed by atoms with E-state index >= 15 is 0 Å². The van der Waals surface area contributed by atoms with E-state index in [0.717, 1.165) is 16.5 Å². The standard InChI is InChI=1S/C23H16ClN5O3/c1-31-16-7-8-19-17(11-16)18(13-29(19)12-14-3-5-15(24)6-4-14)20(30)22-27-28-23(32-22)21-25-9-2-10-26-21/h2-11,13H,12H2,1H3. The smallest absolute Gasteiger partial charge is 0.289 e. The van der Waals surface area contributed by atoms with Crippen LogP contribution in [0, 0.1) is 0 Å². The molecule has 0 radical (unpaired) electrons. The second kappa shape index (κ2) is 8.24. The van der Waals surface area contributed by atoms with E-state index in [1.54, 1.807) is 31.8 Å². The molecule has 0 fully saturated rings. The Bertz CT molecular complexity index is 1410. The molecule has 0 saturated heterocycles. The summed E-state index contributed by atoms with van der Waals surface area (Å²) >= 11 is 6.01. The fourth-order valence-corrected chi connectivity index (χ4v) is 3.56. The number of carbonyl (C=O) groups is 1. The summed E-state index contributed by atoms with van der Waals surface area (Å²) in [5, 5.41) is 9.23. The third-order valence-electron chi connectivity index (χ3n) is 4.98. The Morgan fingerprint density at radius 3 is 2.62 bits per heavy atom. The predicted octanol–water partition coefficient (Wildman–Crippen LogP) is 4.42. The van der Waals surface area contributed by atoms with Crippen LogP contribution in [0.3, 0.4) is 0 Å². The Morgan fingerprint density at radius 1 is 1.09 bits per heavy atom. The van der Waals surface area contributed by atoms with E-state index < -0.39 is 5.78 Å². The first-order valence-corrected chi connectivity index (χ1v) is 10.1. The summed E-state index contributed by atoms with van der Waals surface area (Å²) in [5.74, 6) is 0.440. The van der Waals surface area contributed by atoms with Gasteiger partial charge >= 0.3 is 0 Å². The Kier molecular flexibility index (Phi) is 5.12. The van der Waals surface area contributed by atoms with Crippen LogP contribution in [0.5, 0.6) is 5.75 Å². The van der Waals surface area contributed by atoms with E-state index in [-0.39, 0.29) is 17.6 Å². The van der Waals surface area contributed by atoms with E-state index in [4.69, 9.17) is 20.8 Å². The summed E-state index contributed by atoms with van der Waals surface area (Å²) in [7, 11) is 1.58. The van der Waals surface area contributed by atoms with E-state index in [1.165, 1.54) is 0 Å². The number of fused-ring (bicyclic) bond motifs is 1. The zero-order valence-electron chi connectivity index (χ0n) is 16.9. The Balaban J connectivity index is 1.56. The van der Waals surface area contributed by atoms with Crippen molar-refractivity contribution >= 4 is 28.3 Å². The summed E-state index contributed by atoms with van der Waals surface area (Å²) in [6.07, 6.45) is 4.90. The molecule has 0 bridgehead atoms. The fourth-order valence-electron chi connectivity index (χ4n) is 3.43. The first kappa shape index (κ1) is 19.9. The van der Waals surface area contributed by atoms with Gasteiger partial charge in [-0.05, 0) is 42.0 Å². The molecule has 0 saturated carbocycles. The minimum absolute atomic E-state index is 0.0800. The van der Waals surface area contributed by atoms with Gasteiger partial charge in [-0.1, -0.05) is 23.7 Å². The van der Waals surface area contributed by atoms with E-state index in [2.05, 4.69) is 20.2 Å². The molecule has 0 spiro atoms. The van der Waals surface area contributed by atoms with Gasteiger partial charge in [-0.15, -0.1) is 10.2 Å². The van der Waals surface area contributed by atoms with Crippen molar-refractivity contribution in [2.45, 2.75) is 6.54 Å². The molecule has 0 unspecified atom stereocenters. The normalized spacial score (nSPS) is 11.1. The lowest BCUT2D eigenvalue weighted by atomic mass is 10.1.